The van der Waals surface area contributed by atoms with E-state index in [-0.39, 0.29) is 5.41 Å². The second-order valence-electron chi connectivity index (χ2n) is 7.97. The predicted molar refractivity (Wildman–Crippen MR) is 113 cm³/mol. The summed E-state index contributed by atoms with van der Waals surface area (Å²) < 4.78 is 0. The van der Waals surface area contributed by atoms with Crippen molar-refractivity contribution in [3.63, 3.8) is 0 Å². The van der Waals surface area contributed by atoms with Gasteiger partial charge in [-0.25, -0.2) is 0 Å². The Bertz CT molecular complexity index is 1140. The minimum Gasteiger partial charge on any atom is -0.256 e. The number of nitrogens with zero attached hydrogens (tertiary/aromatic N) is 1. The van der Waals surface area contributed by atoms with E-state index in [0.29, 0.717) is 0 Å². The molecule has 0 unspecified atom stereocenters. The van der Waals surface area contributed by atoms with Gasteiger partial charge in [0.2, 0.25) is 0 Å². The molecule has 0 fully saturated rings. The van der Waals surface area contributed by atoms with Crippen molar-refractivity contribution in [1.82, 2.24) is 4.98 Å². The highest BCUT2D eigenvalue weighted by molar-refractivity contribution is 6.31. The van der Waals surface area contributed by atoms with Crippen molar-refractivity contribution >= 4 is 33.1 Å². The maximum atomic E-state index is 6.20. The summed E-state index contributed by atoms with van der Waals surface area (Å²) in [5.74, 6) is 0. The number of pyridine rings is 1. The van der Waals surface area contributed by atoms with E-state index in [4.69, 9.17) is 11.6 Å². The van der Waals surface area contributed by atoms with Crippen LogP contribution in [0.1, 0.15) is 31.9 Å². The van der Waals surface area contributed by atoms with Crippen LogP contribution in [0.2, 0.25) is 5.02 Å². The third-order valence-corrected chi connectivity index (χ3v) is 5.48. The largest absolute Gasteiger partial charge is 0.256 e. The van der Waals surface area contributed by atoms with E-state index >= 15 is 0 Å². The van der Waals surface area contributed by atoms with Crippen LogP contribution in [0, 0.1) is 6.92 Å². The number of hydrogen-bond acceptors (Lipinski definition) is 1. The fourth-order valence-electron chi connectivity index (χ4n) is 3.48. The molecule has 0 bridgehead atoms. The fraction of sp³-hybridized carbons (Fsp3) is 0.208. The highest BCUT2D eigenvalue weighted by Gasteiger charge is 2.15. The topological polar surface area (TPSA) is 12.9 Å². The molecule has 1 heterocycles. The van der Waals surface area contributed by atoms with Crippen LogP contribution in [-0.4, -0.2) is 4.98 Å². The van der Waals surface area contributed by atoms with E-state index in [1.54, 1.807) is 0 Å². The van der Waals surface area contributed by atoms with Gasteiger partial charge in [-0.15, -0.1) is 0 Å². The summed E-state index contributed by atoms with van der Waals surface area (Å²) in [6, 6.07) is 19.4. The molecule has 0 aliphatic carbocycles. The van der Waals surface area contributed by atoms with Gasteiger partial charge in [-0.2, -0.15) is 0 Å². The molecule has 4 rings (SSSR count). The molecule has 1 aromatic heterocycles. The predicted octanol–water partition coefficient (Wildman–Crippen LogP) is 7.31. The third kappa shape index (κ3) is 2.87. The Hall–Kier alpha value is -2.38. The Balaban J connectivity index is 1.97. The molecule has 3 aromatic carbocycles. The first-order valence-corrected chi connectivity index (χ1v) is 9.31. The van der Waals surface area contributed by atoms with Gasteiger partial charge in [-0.1, -0.05) is 68.8 Å². The molecule has 0 aliphatic rings. The number of benzene rings is 3. The van der Waals surface area contributed by atoms with Gasteiger partial charge in [0.1, 0.15) is 0 Å². The number of halogens is 1. The van der Waals surface area contributed by atoms with E-state index in [0.717, 1.165) is 21.8 Å². The molecule has 0 aliphatic heterocycles. The zero-order chi connectivity index (χ0) is 18.5. The van der Waals surface area contributed by atoms with Gasteiger partial charge >= 0.3 is 0 Å². The van der Waals surface area contributed by atoms with Crippen LogP contribution in [0.15, 0.2) is 60.8 Å². The molecule has 0 spiro atoms. The highest BCUT2D eigenvalue weighted by Crippen LogP contribution is 2.34. The zero-order valence-corrected chi connectivity index (χ0v) is 16.4. The van der Waals surface area contributed by atoms with Crippen LogP contribution in [0.3, 0.4) is 0 Å². The Morgan fingerprint density at radius 1 is 0.808 bits per heavy atom. The van der Waals surface area contributed by atoms with Gasteiger partial charge in [0.15, 0.2) is 0 Å². The number of aromatic nitrogens is 1. The molecule has 130 valence electrons. The Morgan fingerprint density at radius 2 is 1.58 bits per heavy atom. The van der Waals surface area contributed by atoms with Crippen LogP contribution in [0.5, 0.6) is 0 Å². The monoisotopic (exact) mass is 359 g/mol. The van der Waals surface area contributed by atoms with Crippen molar-refractivity contribution in [2.24, 2.45) is 0 Å². The molecular weight excluding hydrogens is 338 g/mol. The first-order chi connectivity index (χ1) is 12.3. The van der Waals surface area contributed by atoms with Crippen LogP contribution in [-0.2, 0) is 5.41 Å². The molecule has 0 N–H and O–H groups in total. The van der Waals surface area contributed by atoms with Gasteiger partial charge in [0.05, 0.1) is 5.69 Å². The maximum absolute atomic E-state index is 6.20. The molecule has 26 heavy (non-hydrogen) atoms. The molecular formula is C24H22ClN. The smallest absolute Gasteiger partial charge is 0.0780 e. The van der Waals surface area contributed by atoms with Crippen molar-refractivity contribution < 1.29 is 0 Å². The second-order valence-corrected chi connectivity index (χ2v) is 8.38. The molecule has 0 radical (unpaired) electrons. The van der Waals surface area contributed by atoms with Crippen molar-refractivity contribution in [2.75, 3.05) is 0 Å². The SMILES string of the molecule is Cc1cc(-c2nccc3c2ccc2cc(C(C)(C)C)ccc23)ccc1Cl. The quantitative estimate of drug-likeness (QED) is 0.324. The van der Waals surface area contributed by atoms with Crippen molar-refractivity contribution in [1.29, 1.82) is 0 Å². The number of aryl methyl sites for hydroxylation is 1. The fourth-order valence-corrected chi connectivity index (χ4v) is 3.60. The lowest BCUT2D eigenvalue weighted by atomic mass is 9.85. The summed E-state index contributed by atoms with van der Waals surface area (Å²) in [7, 11) is 0. The van der Waals surface area contributed by atoms with Crippen molar-refractivity contribution in [2.45, 2.75) is 33.1 Å². The summed E-state index contributed by atoms with van der Waals surface area (Å²) in [5.41, 5.74) is 4.67. The van der Waals surface area contributed by atoms with Gasteiger partial charge < -0.3 is 0 Å². The molecule has 0 saturated heterocycles. The summed E-state index contributed by atoms with van der Waals surface area (Å²) in [6.07, 6.45) is 1.90. The summed E-state index contributed by atoms with van der Waals surface area (Å²) >= 11 is 6.20. The van der Waals surface area contributed by atoms with Crippen LogP contribution < -0.4 is 0 Å². The molecule has 0 saturated carbocycles. The lowest BCUT2D eigenvalue weighted by molar-refractivity contribution is 0.591. The summed E-state index contributed by atoms with van der Waals surface area (Å²) in [6.45, 7) is 8.78. The zero-order valence-electron chi connectivity index (χ0n) is 15.6. The standard InChI is InChI=1S/C24H22ClN/c1-15-13-17(6-10-22(15)25)23-21-8-5-16-14-18(24(2,3)4)7-9-19(16)20(21)11-12-26-23/h5-14H,1-4H3. The lowest BCUT2D eigenvalue weighted by Crippen LogP contribution is -2.10. The third-order valence-electron chi connectivity index (χ3n) is 5.06. The van der Waals surface area contributed by atoms with Gasteiger partial charge in [0.25, 0.3) is 0 Å². The minimum atomic E-state index is 0.146. The lowest BCUT2D eigenvalue weighted by Gasteiger charge is -2.20. The van der Waals surface area contributed by atoms with Crippen LogP contribution in [0.4, 0.5) is 0 Å². The normalized spacial score (nSPS) is 12.0. The molecule has 2 heteroatoms. The molecule has 0 amide bonds. The summed E-state index contributed by atoms with van der Waals surface area (Å²) in [4.78, 5) is 4.67. The maximum Gasteiger partial charge on any atom is 0.0780 e. The van der Waals surface area contributed by atoms with E-state index in [2.05, 4.69) is 68.2 Å². The van der Waals surface area contributed by atoms with E-state index < -0.39 is 0 Å². The van der Waals surface area contributed by atoms with E-state index in [1.165, 1.54) is 27.1 Å². The van der Waals surface area contributed by atoms with Crippen LogP contribution >= 0.6 is 11.6 Å². The summed E-state index contributed by atoms with van der Waals surface area (Å²) in [5, 5.41) is 5.74. The van der Waals surface area contributed by atoms with Gasteiger partial charge in [-0.05, 0) is 57.8 Å². The molecule has 0 atom stereocenters. The second kappa shape index (κ2) is 6.10. The first-order valence-electron chi connectivity index (χ1n) is 8.93. The number of fused-ring (bicyclic) bond motifs is 3. The average Bonchev–Trinajstić information content (AvgIpc) is 2.62. The molecule has 1 nitrogen and oxygen atoms in total. The van der Waals surface area contributed by atoms with E-state index in [9.17, 15) is 0 Å². The Morgan fingerprint density at radius 3 is 2.31 bits per heavy atom. The first kappa shape index (κ1) is 17.1. The van der Waals surface area contributed by atoms with Gasteiger partial charge in [0, 0.05) is 22.2 Å². The minimum absolute atomic E-state index is 0.146. The van der Waals surface area contributed by atoms with E-state index in [1.807, 2.05) is 25.3 Å². The Labute approximate surface area is 159 Å². The number of rotatable bonds is 1. The highest BCUT2D eigenvalue weighted by atomic mass is 35.5. The number of hydrogen-bond donors (Lipinski definition) is 0. The van der Waals surface area contributed by atoms with Gasteiger partial charge in [-0.3, -0.25) is 4.98 Å². The average molecular weight is 360 g/mol. The van der Waals surface area contributed by atoms with Crippen molar-refractivity contribution in [3.8, 4) is 11.3 Å². The molecule has 4 aromatic rings. The van der Waals surface area contributed by atoms with Crippen molar-refractivity contribution in [3.05, 3.63) is 76.9 Å². The Kier molecular flexibility index (Phi) is 4.00. The van der Waals surface area contributed by atoms with Crippen LogP contribution in [0.25, 0.3) is 32.8 Å².